The second-order valence-corrected chi connectivity index (χ2v) is 9.81. The van der Waals surface area contributed by atoms with Crippen molar-refractivity contribution < 1.29 is 0 Å². The zero-order chi connectivity index (χ0) is 15.3. The monoisotopic (exact) mass is 311 g/mol. The average molecular weight is 312 g/mol. The SMILES string of the molecule is CCSCCCC1CC(C(C)(C)C)CCC1CNC1CC1. The third kappa shape index (κ3) is 6.14. The lowest BCUT2D eigenvalue weighted by atomic mass is 9.64. The summed E-state index contributed by atoms with van der Waals surface area (Å²) in [6.45, 7) is 10.9. The van der Waals surface area contributed by atoms with Gasteiger partial charge in [-0.15, -0.1) is 0 Å². The minimum Gasteiger partial charge on any atom is -0.314 e. The largest absolute Gasteiger partial charge is 0.314 e. The highest BCUT2D eigenvalue weighted by Crippen LogP contribution is 2.44. The summed E-state index contributed by atoms with van der Waals surface area (Å²) in [6.07, 6.45) is 10.2. The Morgan fingerprint density at radius 2 is 1.81 bits per heavy atom. The van der Waals surface area contributed by atoms with Crippen LogP contribution in [0.15, 0.2) is 0 Å². The smallest absolute Gasteiger partial charge is 0.00683 e. The lowest BCUT2D eigenvalue weighted by Crippen LogP contribution is -2.37. The molecule has 0 spiro atoms. The molecule has 3 atom stereocenters. The first-order chi connectivity index (χ1) is 10.0. The molecule has 1 nitrogen and oxygen atoms in total. The van der Waals surface area contributed by atoms with Gasteiger partial charge in [-0.05, 0) is 86.2 Å². The molecule has 0 bridgehead atoms. The maximum atomic E-state index is 3.81. The molecule has 2 heteroatoms. The molecule has 124 valence electrons. The topological polar surface area (TPSA) is 12.0 Å². The molecule has 3 unspecified atom stereocenters. The van der Waals surface area contributed by atoms with Crippen molar-refractivity contribution in [3.63, 3.8) is 0 Å². The van der Waals surface area contributed by atoms with Gasteiger partial charge in [-0.1, -0.05) is 27.7 Å². The summed E-state index contributed by atoms with van der Waals surface area (Å²) in [5, 5.41) is 3.81. The van der Waals surface area contributed by atoms with Crippen molar-refractivity contribution in [2.75, 3.05) is 18.1 Å². The van der Waals surface area contributed by atoms with Crippen LogP contribution < -0.4 is 5.32 Å². The van der Waals surface area contributed by atoms with Crippen LogP contribution in [0, 0.1) is 23.2 Å². The van der Waals surface area contributed by atoms with Crippen LogP contribution in [0.3, 0.4) is 0 Å². The third-order valence-electron chi connectivity index (χ3n) is 5.68. The highest BCUT2D eigenvalue weighted by Gasteiger charge is 2.36. The van der Waals surface area contributed by atoms with E-state index in [1.807, 2.05) is 0 Å². The van der Waals surface area contributed by atoms with Gasteiger partial charge < -0.3 is 5.32 Å². The summed E-state index contributed by atoms with van der Waals surface area (Å²) in [7, 11) is 0. The van der Waals surface area contributed by atoms with E-state index in [1.165, 1.54) is 63.0 Å². The zero-order valence-corrected chi connectivity index (χ0v) is 15.6. The Morgan fingerprint density at radius 1 is 1.05 bits per heavy atom. The van der Waals surface area contributed by atoms with E-state index >= 15 is 0 Å². The molecule has 0 radical (unpaired) electrons. The van der Waals surface area contributed by atoms with Gasteiger partial charge >= 0.3 is 0 Å². The van der Waals surface area contributed by atoms with Crippen molar-refractivity contribution in [1.82, 2.24) is 5.32 Å². The highest BCUT2D eigenvalue weighted by atomic mass is 32.2. The minimum absolute atomic E-state index is 0.505. The van der Waals surface area contributed by atoms with E-state index in [9.17, 15) is 0 Å². The summed E-state index contributed by atoms with van der Waals surface area (Å²) in [5.74, 6) is 5.53. The Kier molecular flexibility index (Phi) is 6.93. The Hall–Kier alpha value is 0.310. The van der Waals surface area contributed by atoms with E-state index in [2.05, 4.69) is 44.8 Å². The molecule has 0 aromatic carbocycles. The van der Waals surface area contributed by atoms with Crippen molar-refractivity contribution in [2.24, 2.45) is 23.2 Å². The fourth-order valence-electron chi connectivity index (χ4n) is 3.93. The standard InChI is InChI=1S/C19H37NS/c1-5-21-12-6-7-15-13-17(19(2,3)4)9-8-16(15)14-20-18-10-11-18/h15-18,20H,5-14H2,1-4H3. The van der Waals surface area contributed by atoms with Gasteiger partial charge in [-0.25, -0.2) is 0 Å². The van der Waals surface area contributed by atoms with Gasteiger partial charge in [0.2, 0.25) is 0 Å². The van der Waals surface area contributed by atoms with Crippen molar-refractivity contribution in [3.05, 3.63) is 0 Å². The molecular weight excluding hydrogens is 274 g/mol. The minimum atomic E-state index is 0.505. The maximum absolute atomic E-state index is 3.81. The molecule has 0 saturated heterocycles. The number of hydrogen-bond donors (Lipinski definition) is 1. The number of nitrogens with one attached hydrogen (secondary N) is 1. The van der Waals surface area contributed by atoms with Gasteiger partial charge in [-0.3, -0.25) is 0 Å². The second-order valence-electron chi connectivity index (χ2n) is 8.42. The Morgan fingerprint density at radius 3 is 2.43 bits per heavy atom. The van der Waals surface area contributed by atoms with Gasteiger partial charge in [0.05, 0.1) is 0 Å². The summed E-state index contributed by atoms with van der Waals surface area (Å²) < 4.78 is 0. The lowest BCUT2D eigenvalue weighted by molar-refractivity contribution is 0.0921. The first kappa shape index (κ1) is 17.7. The molecule has 1 N–H and O–H groups in total. The van der Waals surface area contributed by atoms with E-state index in [0.29, 0.717) is 5.41 Å². The molecule has 2 aliphatic rings. The molecule has 0 heterocycles. The van der Waals surface area contributed by atoms with Crippen molar-refractivity contribution in [2.45, 2.75) is 78.7 Å². The predicted octanol–water partition coefficient (Wildman–Crippen LogP) is 5.35. The Labute approximate surface area is 137 Å². The van der Waals surface area contributed by atoms with Crippen LogP contribution in [-0.2, 0) is 0 Å². The van der Waals surface area contributed by atoms with Crippen LogP contribution in [0.1, 0.15) is 72.6 Å². The lowest BCUT2D eigenvalue weighted by Gasteiger charge is -2.42. The molecule has 2 rings (SSSR count). The van der Waals surface area contributed by atoms with E-state index < -0.39 is 0 Å². The Balaban J connectivity index is 1.82. The normalized spacial score (nSPS) is 30.6. The molecule has 0 aliphatic heterocycles. The quantitative estimate of drug-likeness (QED) is 0.606. The first-order valence-electron chi connectivity index (χ1n) is 9.31. The van der Waals surface area contributed by atoms with Gasteiger partial charge in [0.1, 0.15) is 0 Å². The van der Waals surface area contributed by atoms with E-state index in [4.69, 9.17) is 0 Å². The molecule has 2 fully saturated rings. The molecule has 0 aromatic heterocycles. The van der Waals surface area contributed by atoms with Crippen LogP contribution >= 0.6 is 11.8 Å². The molecular formula is C19H37NS. The Bertz CT molecular complexity index is 292. The van der Waals surface area contributed by atoms with Crippen molar-refractivity contribution in [3.8, 4) is 0 Å². The van der Waals surface area contributed by atoms with Crippen LogP contribution in [0.4, 0.5) is 0 Å². The van der Waals surface area contributed by atoms with Crippen molar-refractivity contribution in [1.29, 1.82) is 0 Å². The number of thioether (sulfide) groups is 1. The number of hydrogen-bond acceptors (Lipinski definition) is 2. The molecule has 2 aliphatic carbocycles. The first-order valence-corrected chi connectivity index (χ1v) is 10.5. The van der Waals surface area contributed by atoms with Gasteiger partial charge in [-0.2, -0.15) is 11.8 Å². The van der Waals surface area contributed by atoms with Crippen LogP contribution in [0.25, 0.3) is 0 Å². The van der Waals surface area contributed by atoms with Crippen LogP contribution in [-0.4, -0.2) is 24.1 Å². The summed E-state index contributed by atoms with van der Waals surface area (Å²) >= 11 is 2.12. The fourth-order valence-corrected chi connectivity index (χ4v) is 4.59. The maximum Gasteiger partial charge on any atom is 0.00683 e. The van der Waals surface area contributed by atoms with E-state index in [1.54, 1.807) is 0 Å². The van der Waals surface area contributed by atoms with E-state index in [0.717, 1.165) is 23.8 Å². The van der Waals surface area contributed by atoms with Gasteiger partial charge in [0.25, 0.3) is 0 Å². The summed E-state index contributed by atoms with van der Waals surface area (Å²) in [5.41, 5.74) is 0.505. The molecule has 0 amide bonds. The number of rotatable bonds is 8. The van der Waals surface area contributed by atoms with Gasteiger partial charge in [0, 0.05) is 6.04 Å². The zero-order valence-electron chi connectivity index (χ0n) is 14.8. The highest BCUT2D eigenvalue weighted by molar-refractivity contribution is 7.99. The predicted molar refractivity (Wildman–Crippen MR) is 97.0 cm³/mol. The van der Waals surface area contributed by atoms with Crippen molar-refractivity contribution >= 4 is 11.8 Å². The third-order valence-corrected chi connectivity index (χ3v) is 6.66. The van der Waals surface area contributed by atoms with Crippen LogP contribution in [0.2, 0.25) is 0 Å². The second kappa shape index (κ2) is 8.24. The van der Waals surface area contributed by atoms with Gasteiger partial charge in [0.15, 0.2) is 0 Å². The summed E-state index contributed by atoms with van der Waals surface area (Å²) in [4.78, 5) is 0. The molecule has 2 saturated carbocycles. The van der Waals surface area contributed by atoms with Crippen LogP contribution in [0.5, 0.6) is 0 Å². The van der Waals surface area contributed by atoms with E-state index in [-0.39, 0.29) is 0 Å². The molecule has 0 aromatic rings. The molecule has 21 heavy (non-hydrogen) atoms. The summed E-state index contributed by atoms with van der Waals surface area (Å²) in [6, 6.07) is 0.877. The fraction of sp³-hybridized carbons (Fsp3) is 1.00. The average Bonchev–Trinajstić information content (AvgIpc) is 3.25.